The van der Waals surface area contributed by atoms with Crippen LogP contribution in [0.25, 0.3) is 0 Å². The summed E-state index contributed by atoms with van der Waals surface area (Å²) in [5.74, 6) is 0. The molecular formula is C13H30Bi. The molecule has 0 bridgehead atoms. The van der Waals surface area contributed by atoms with Gasteiger partial charge in [-0.15, -0.1) is 0 Å². The quantitative estimate of drug-likeness (QED) is 0.455. The van der Waals surface area contributed by atoms with Crippen LogP contribution in [0, 0.1) is 0 Å². The van der Waals surface area contributed by atoms with Crippen LogP contribution in [0.1, 0.15) is 59.3 Å². The van der Waals surface area contributed by atoms with Crippen molar-refractivity contribution in [2.24, 2.45) is 0 Å². The number of hydrogen-bond acceptors (Lipinski definition) is 0. The van der Waals surface area contributed by atoms with Crippen molar-refractivity contribution in [2.75, 3.05) is 0 Å². The molecule has 0 aromatic heterocycles. The molecule has 0 saturated heterocycles. The Morgan fingerprint density at radius 1 is 0.643 bits per heavy atom. The van der Waals surface area contributed by atoms with Crippen LogP contribution in [0.4, 0.5) is 0 Å². The third kappa shape index (κ3) is 7.21. The average Bonchev–Trinajstić information content (AvgIpc) is 2.21. The minimum absolute atomic E-state index is 1.41. The fourth-order valence-corrected chi connectivity index (χ4v) is 17.2. The van der Waals surface area contributed by atoms with E-state index < -0.39 is 20.3 Å². The van der Waals surface area contributed by atoms with Crippen molar-refractivity contribution >= 4 is 20.3 Å². The van der Waals surface area contributed by atoms with Gasteiger partial charge < -0.3 is 0 Å². The molecule has 0 unspecified atom stereocenters. The molecule has 0 rings (SSSR count). The zero-order valence-electron chi connectivity index (χ0n) is 10.8. The second kappa shape index (κ2) is 9.13. The first kappa shape index (κ1) is 14.9. The number of unbranched alkanes of at least 4 members (excludes halogenated alkanes) is 3. The van der Waals surface area contributed by atoms with Crippen LogP contribution in [0.3, 0.4) is 0 Å². The maximum atomic E-state index is 2.72. The molecule has 0 nitrogen and oxygen atoms in total. The van der Waals surface area contributed by atoms with Gasteiger partial charge in [-0.25, -0.2) is 0 Å². The van der Waals surface area contributed by atoms with Crippen molar-refractivity contribution in [3.05, 3.63) is 0 Å². The third-order valence-electron chi connectivity index (χ3n) is 3.15. The predicted octanol–water partition coefficient (Wildman–Crippen LogP) is 5.47. The molecule has 0 aliphatic heterocycles. The Hall–Kier alpha value is 0.883. The Morgan fingerprint density at radius 3 is 1.14 bits per heavy atom. The van der Waals surface area contributed by atoms with Crippen LogP contribution in [0.15, 0.2) is 0 Å². The Kier molecular flexibility index (Phi) is 9.71. The van der Waals surface area contributed by atoms with E-state index in [1.165, 1.54) is 38.5 Å². The van der Waals surface area contributed by atoms with Crippen molar-refractivity contribution in [3.63, 3.8) is 0 Å². The molecule has 0 spiro atoms. The fourth-order valence-electron chi connectivity index (χ4n) is 1.95. The summed E-state index contributed by atoms with van der Waals surface area (Å²) in [5.41, 5.74) is 0. The maximum absolute atomic E-state index is 2.72. The van der Waals surface area contributed by atoms with Crippen molar-refractivity contribution in [1.82, 2.24) is 0 Å². The summed E-state index contributed by atoms with van der Waals surface area (Å²) in [6.45, 7) is 7.02. The van der Waals surface area contributed by atoms with E-state index in [1.54, 1.807) is 12.4 Å². The van der Waals surface area contributed by atoms with Gasteiger partial charge in [-0.1, -0.05) is 0 Å². The first-order valence-corrected chi connectivity index (χ1v) is 17.4. The molecule has 14 heavy (non-hydrogen) atoms. The Labute approximate surface area is 96.3 Å². The van der Waals surface area contributed by atoms with Gasteiger partial charge in [0.1, 0.15) is 0 Å². The summed E-state index contributed by atoms with van der Waals surface area (Å²) < 4.78 is 7.71. The van der Waals surface area contributed by atoms with Crippen molar-refractivity contribution in [3.8, 4) is 0 Å². The van der Waals surface area contributed by atoms with Gasteiger partial charge in [-0.2, -0.15) is 0 Å². The van der Waals surface area contributed by atoms with E-state index >= 15 is 0 Å². The summed E-state index contributed by atoms with van der Waals surface area (Å²) in [6.07, 6.45) is 8.78. The molecule has 0 saturated carbocycles. The molecule has 0 aromatic rings. The van der Waals surface area contributed by atoms with E-state index in [0.717, 1.165) is 0 Å². The zero-order valence-corrected chi connectivity index (χ0v) is 14.3. The third-order valence-corrected chi connectivity index (χ3v) is 19.4. The summed E-state index contributed by atoms with van der Waals surface area (Å²) in [6, 6.07) is 0. The van der Waals surface area contributed by atoms with Gasteiger partial charge in [0.05, 0.1) is 0 Å². The Bertz CT molecular complexity index is 98.6. The second-order valence-corrected chi connectivity index (χ2v) is 22.7. The van der Waals surface area contributed by atoms with Crippen LogP contribution >= 0.6 is 0 Å². The summed E-state index contributed by atoms with van der Waals surface area (Å²) in [5, 5.41) is 0. The van der Waals surface area contributed by atoms with Gasteiger partial charge in [-0.05, 0) is 0 Å². The van der Waals surface area contributed by atoms with Gasteiger partial charge in [0.25, 0.3) is 0 Å². The normalized spacial score (nSPS) is 12.0. The van der Waals surface area contributed by atoms with Crippen molar-refractivity contribution < 1.29 is 0 Å². The Balaban J connectivity index is 3.89. The van der Waals surface area contributed by atoms with E-state index in [4.69, 9.17) is 0 Å². The van der Waals surface area contributed by atoms with Crippen molar-refractivity contribution in [1.29, 1.82) is 0 Å². The molecule has 0 amide bonds. The van der Waals surface area contributed by atoms with E-state index in [1.807, 2.05) is 0 Å². The standard InChI is InChI=1S/3C4H9.CH3.Bi/c3*1-3-4-2;;/h3*1,3-4H2,2H3;1H3;. The molecule has 0 N–H and O–H groups in total. The van der Waals surface area contributed by atoms with Gasteiger partial charge in [0.2, 0.25) is 0 Å². The summed E-state index contributed by atoms with van der Waals surface area (Å²) in [4.78, 5) is 0. The molecule has 1 heteroatoms. The summed E-state index contributed by atoms with van der Waals surface area (Å²) in [7, 11) is 0. The molecule has 0 aliphatic rings. The molecule has 0 heterocycles. The zero-order chi connectivity index (χ0) is 10.9. The Morgan fingerprint density at radius 2 is 0.929 bits per heavy atom. The van der Waals surface area contributed by atoms with Gasteiger partial charge in [0, 0.05) is 0 Å². The van der Waals surface area contributed by atoms with E-state index in [2.05, 4.69) is 25.4 Å². The van der Waals surface area contributed by atoms with Crippen LogP contribution in [0.5, 0.6) is 0 Å². The van der Waals surface area contributed by atoms with Crippen molar-refractivity contribution in [2.45, 2.75) is 76.3 Å². The van der Waals surface area contributed by atoms with Crippen LogP contribution in [-0.4, -0.2) is 20.3 Å². The van der Waals surface area contributed by atoms with Gasteiger partial charge >= 0.3 is 96.6 Å². The van der Waals surface area contributed by atoms with Crippen LogP contribution < -0.4 is 0 Å². The van der Waals surface area contributed by atoms with Crippen LogP contribution in [0.2, 0.25) is 17.0 Å². The first-order chi connectivity index (χ1) is 6.68. The topological polar surface area (TPSA) is 0 Å². The molecule has 87 valence electrons. The molecular weight excluding hydrogens is 365 g/mol. The number of hydrogen-bond donors (Lipinski definition) is 0. The molecule has 0 aromatic carbocycles. The molecule has 0 atom stereocenters. The van der Waals surface area contributed by atoms with Gasteiger partial charge in [-0.3, -0.25) is 0 Å². The average molecular weight is 395 g/mol. The van der Waals surface area contributed by atoms with Gasteiger partial charge in [0.15, 0.2) is 0 Å². The summed E-state index contributed by atoms with van der Waals surface area (Å²) >= 11 is -1.62. The molecule has 1 radical (unpaired) electrons. The minimum atomic E-state index is -1.62. The first-order valence-electron chi connectivity index (χ1n) is 6.52. The van der Waals surface area contributed by atoms with E-state index in [0.29, 0.717) is 0 Å². The SMILES string of the molecule is CCC[CH2][Bi]([CH3])([CH2]CCC)[CH2]CCC. The van der Waals surface area contributed by atoms with E-state index in [-0.39, 0.29) is 0 Å². The molecule has 0 aliphatic carbocycles. The number of rotatable bonds is 9. The molecule has 0 fully saturated rings. The van der Waals surface area contributed by atoms with Crippen LogP contribution in [-0.2, 0) is 0 Å². The predicted molar refractivity (Wildman–Crippen MR) is 70.8 cm³/mol. The fraction of sp³-hybridized carbons (Fsp3) is 1.00. The monoisotopic (exact) mass is 395 g/mol. The van der Waals surface area contributed by atoms with E-state index in [9.17, 15) is 0 Å². The second-order valence-electron chi connectivity index (χ2n) is 4.85.